The molecular weight excluding hydrogens is 379 g/mol. The lowest BCUT2D eigenvalue weighted by Crippen LogP contribution is -2.28. The van der Waals surface area contributed by atoms with Crippen LogP contribution < -0.4 is 10.2 Å². The van der Waals surface area contributed by atoms with Gasteiger partial charge in [0.05, 0.1) is 16.4 Å². The van der Waals surface area contributed by atoms with Gasteiger partial charge in [-0.05, 0) is 30.3 Å². The van der Waals surface area contributed by atoms with E-state index >= 15 is 0 Å². The van der Waals surface area contributed by atoms with Crippen LogP contribution in [0.3, 0.4) is 0 Å². The topological polar surface area (TPSA) is 92.6 Å². The summed E-state index contributed by atoms with van der Waals surface area (Å²) < 4.78 is 38.3. The molecule has 10 heteroatoms. The highest BCUT2D eigenvalue weighted by Crippen LogP contribution is 2.31. The number of rotatable bonds is 4. The maximum atomic E-state index is 12.8. The van der Waals surface area contributed by atoms with Crippen molar-refractivity contribution in [1.82, 2.24) is 0 Å². The largest absolute Gasteiger partial charge is 0.416 e. The molecule has 1 atom stereocenters. The fraction of sp³-hybridized carbons (Fsp3) is 0.222. The van der Waals surface area contributed by atoms with Gasteiger partial charge < -0.3 is 10.2 Å². The Morgan fingerprint density at radius 1 is 1.18 bits per heavy atom. The summed E-state index contributed by atoms with van der Waals surface area (Å²) in [6.07, 6.45) is -4.64. The summed E-state index contributed by atoms with van der Waals surface area (Å²) in [6.45, 7) is 0.0292. The van der Waals surface area contributed by atoms with Crippen LogP contribution in [-0.4, -0.2) is 23.3 Å². The average Bonchev–Trinajstić information content (AvgIpc) is 3.03. The van der Waals surface area contributed by atoms with E-state index in [0.717, 1.165) is 12.1 Å². The summed E-state index contributed by atoms with van der Waals surface area (Å²) in [5.41, 5.74) is -0.624. The molecule has 7 nitrogen and oxygen atoms in total. The van der Waals surface area contributed by atoms with Crippen LogP contribution in [0.5, 0.6) is 0 Å². The Balaban J connectivity index is 1.69. The zero-order chi connectivity index (χ0) is 20.5. The molecule has 1 aliphatic heterocycles. The van der Waals surface area contributed by atoms with Crippen molar-refractivity contribution in [2.45, 2.75) is 12.6 Å². The van der Waals surface area contributed by atoms with E-state index in [1.165, 1.54) is 41.3 Å². The van der Waals surface area contributed by atoms with Crippen molar-refractivity contribution < 1.29 is 27.7 Å². The summed E-state index contributed by atoms with van der Waals surface area (Å²) in [6, 6.07) is 9.54. The van der Waals surface area contributed by atoms with Crippen molar-refractivity contribution in [1.29, 1.82) is 0 Å². The highest BCUT2D eigenvalue weighted by atomic mass is 19.4. The lowest BCUT2D eigenvalue weighted by molar-refractivity contribution is -0.384. The van der Waals surface area contributed by atoms with Gasteiger partial charge in [-0.2, -0.15) is 13.2 Å². The third kappa shape index (κ3) is 4.11. The molecule has 0 spiro atoms. The zero-order valence-electron chi connectivity index (χ0n) is 14.3. The van der Waals surface area contributed by atoms with E-state index in [1.807, 2.05) is 0 Å². The SMILES string of the molecule is O=C(Nc1cccc(C(F)(F)F)c1)[C@H]1CC(=O)N(c2ccc([N+](=O)[O-])cc2)C1. The quantitative estimate of drug-likeness (QED) is 0.635. The minimum Gasteiger partial charge on any atom is -0.326 e. The molecule has 1 aliphatic rings. The summed E-state index contributed by atoms with van der Waals surface area (Å²) in [7, 11) is 0. The zero-order valence-corrected chi connectivity index (χ0v) is 14.3. The molecular formula is C18H14F3N3O4. The molecule has 0 radical (unpaired) electrons. The molecule has 2 aromatic carbocycles. The molecule has 3 rings (SSSR count). The Morgan fingerprint density at radius 2 is 1.86 bits per heavy atom. The van der Waals surface area contributed by atoms with Crippen LogP contribution in [0.2, 0.25) is 0 Å². The van der Waals surface area contributed by atoms with Gasteiger partial charge in [0.1, 0.15) is 0 Å². The Labute approximate surface area is 156 Å². The third-order valence-corrected chi connectivity index (χ3v) is 4.33. The van der Waals surface area contributed by atoms with Crippen molar-refractivity contribution in [3.05, 3.63) is 64.2 Å². The fourth-order valence-electron chi connectivity index (χ4n) is 2.90. The number of hydrogen-bond donors (Lipinski definition) is 1. The van der Waals surface area contributed by atoms with E-state index in [9.17, 15) is 32.9 Å². The number of carbonyl (C=O) groups is 2. The Bertz CT molecular complexity index is 928. The van der Waals surface area contributed by atoms with Crippen molar-refractivity contribution in [2.24, 2.45) is 5.92 Å². The summed E-state index contributed by atoms with van der Waals surface area (Å²) in [5, 5.41) is 13.1. The van der Waals surface area contributed by atoms with Crippen LogP contribution in [0.4, 0.5) is 30.2 Å². The molecule has 0 aromatic heterocycles. The monoisotopic (exact) mass is 393 g/mol. The molecule has 0 bridgehead atoms. The van der Waals surface area contributed by atoms with Gasteiger partial charge in [-0.15, -0.1) is 0 Å². The van der Waals surface area contributed by atoms with Gasteiger partial charge >= 0.3 is 6.18 Å². The molecule has 0 unspecified atom stereocenters. The lowest BCUT2D eigenvalue weighted by Gasteiger charge is -2.16. The molecule has 1 N–H and O–H groups in total. The Hall–Kier alpha value is -3.43. The van der Waals surface area contributed by atoms with E-state index in [4.69, 9.17) is 0 Å². The maximum absolute atomic E-state index is 12.8. The van der Waals surface area contributed by atoms with E-state index in [1.54, 1.807) is 0 Å². The van der Waals surface area contributed by atoms with Gasteiger partial charge in [0.2, 0.25) is 11.8 Å². The van der Waals surface area contributed by atoms with Gasteiger partial charge in [-0.3, -0.25) is 19.7 Å². The maximum Gasteiger partial charge on any atom is 0.416 e. The van der Waals surface area contributed by atoms with Crippen LogP contribution in [0, 0.1) is 16.0 Å². The van der Waals surface area contributed by atoms with Crippen molar-refractivity contribution in [2.75, 3.05) is 16.8 Å². The number of hydrogen-bond acceptors (Lipinski definition) is 4. The predicted octanol–water partition coefficient (Wildman–Crippen LogP) is 3.61. The van der Waals surface area contributed by atoms with E-state index < -0.39 is 28.5 Å². The fourth-order valence-corrected chi connectivity index (χ4v) is 2.90. The van der Waals surface area contributed by atoms with Crippen LogP contribution in [0.25, 0.3) is 0 Å². The average molecular weight is 393 g/mol. The number of anilines is 2. The van der Waals surface area contributed by atoms with Crippen molar-refractivity contribution in [3.8, 4) is 0 Å². The third-order valence-electron chi connectivity index (χ3n) is 4.33. The van der Waals surface area contributed by atoms with E-state index in [2.05, 4.69) is 5.32 Å². The van der Waals surface area contributed by atoms with Crippen molar-refractivity contribution >= 4 is 28.9 Å². The minimum absolute atomic E-state index is 0.0129. The van der Waals surface area contributed by atoms with Crippen LogP contribution in [-0.2, 0) is 15.8 Å². The number of halogens is 3. The first kappa shape index (κ1) is 19.3. The lowest BCUT2D eigenvalue weighted by atomic mass is 10.1. The molecule has 2 amide bonds. The molecule has 1 fully saturated rings. The molecule has 1 saturated heterocycles. The molecule has 0 saturated carbocycles. The number of nitro benzene ring substituents is 1. The normalized spacial score (nSPS) is 16.9. The van der Waals surface area contributed by atoms with E-state index in [0.29, 0.717) is 5.69 Å². The highest BCUT2D eigenvalue weighted by Gasteiger charge is 2.36. The first-order chi connectivity index (χ1) is 13.1. The molecule has 0 aliphatic carbocycles. The van der Waals surface area contributed by atoms with Gasteiger partial charge in [0, 0.05) is 36.5 Å². The number of nitrogens with one attached hydrogen (secondary N) is 1. The Morgan fingerprint density at radius 3 is 2.46 bits per heavy atom. The highest BCUT2D eigenvalue weighted by molar-refractivity contribution is 6.03. The molecule has 2 aromatic rings. The number of non-ortho nitro benzene ring substituents is 1. The van der Waals surface area contributed by atoms with E-state index in [-0.39, 0.29) is 30.2 Å². The van der Waals surface area contributed by atoms with Crippen LogP contribution in [0.15, 0.2) is 48.5 Å². The van der Waals surface area contributed by atoms with Crippen LogP contribution >= 0.6 is 0 Å². The van der Waals surface area contributed by atoms with Gasteiger partial charge in [-0.1, -0.05) is 6.07 Å². The van der Waals surface area contributed by atoms with Crippen molar-refractivity contribution in [3.63, 3.8) is 0 Å². The first-order valence-electron chi connectivity index (χ1n) is 8.18. The summed E-state index contributed by atoms with van der Waals surface area (Å²) in [4.78, 5) is 36.0. The molecule has 28 heavy (non-hydrogen) atoms. The second-order valence-corrected chi connectivity index (χ2v) is 6.25. The number of carbonyl (C=O) groups excluding carboxylic acids is 2. The number of amides is 2. The smallest absolute Gasteiger partial charge is 0.326 e. The predicted molar refractivity (Wildman–Crippen MR) is 93.6 cm³/mol. The summed E-state index contributed by atoms with van der Waals surface area (Å²) >= 11 is 0. The number of alkyl halides is 3. The number of nitrogens with zero attached hydrogens (tertiary/aromatic N) is 2. The van der Waals surface area contributed by atoms with Gasteiger partial charge in [-0.25, -0.2) is 0 Å². The summed E-state index contributed by atoms with van der Waals surface area (Å²) in [5.74, 6) is -1.67. The first-order valence-corrected chi connectivity index (χ1v) is 8.18. The standard InChI is InChI=1S/C18H14F3N3O4/c19-18(20,21)12-2-1-3-13(9-12)22-17(26)11-8-16(25)23(10-11)14-4-6-15(7-5-14)24(27)28/h1-7,9,11H,8,10H2,(H,22,26)/t11-/m0/s1. The number of nitro groups is 1. The molecule has 1 heterocycles. The van der Waals surface area contributed by atoms with Gasteiger partial charge in [0.15, 0.2) is 0 Å². The second kappa shape index (κ2) is 7.29. The van der Waals surface area contributed by atoms with Crippen LogP contribution in [0.1, 0.15) is 12.0 Å². The number of benzene rings is 2. The Kier molecular flexibility index (Phi) is 5.04. The minimum atomic E-state index is -4.53. The second-order valence-electron chi connectivity index (χ2n) is 6.25. The van der Waals surface area contributed by atoms with Gasteiger partial charge in [0.25, 0.3) is 5.69 Å². The molecule has 146 valence electrons.